The number of non-ortho nitro benzene ring substituents is 1. The number of Topliss-reactive ketones (excluding diaryl/α,β-unsaturated/α-hetero) is 1. The van der Waals surface area contributed by atoms with E-state index in [2.05, 4.69) is 0 Å². The van der Waals surface area contributed by atoms with E-state index in [9.17, 15) is 32.9 Å². The fourth-order valence-corrected chi connectivity index (χ4v) is 3.06. The van der Waals surface area contributed by atoms with Gasteiger partial charge in [-0.25, -0.2) is 0 Å². The number of alkyl halides is 3. The molecule has 0 heterocycles. The number of nitro groups is 1. The third-order valence-corrected chi connectivity index (χ3v) is 4.51. The minimum Gasteiger partial charge on any atom is -0.345 e. The molecule has 0 aromatic heterocycles. The predicted octanol–water partition coefficient (Wildman–Crippen LogP) is 3.75. The van der Waals surface area contributed by atoms with Crippen LogP contribution in [0, 0.1) is 10.1 Å². The number of thioether (sulfide) groups is 1. The number of nitro benzene ring substituents is 1. The number of ketones is 1. The molecular weight excluding hydrogens is 385 g/mol. The summed E-state index contributed by atoms with van der Waals surface area (Å²) >= 11 is 1.13. The standard InChI is InChI=1S/C17H13F3N2O4S/c18-17(19,20)15(23)9-21-16(24)13-7-6-12(22(25)26)8-14(13)27-10-11-4-2-1-3-5-11/h1-8H,9-10H2,(H,21,24). The summed E-state index contributed by atoms with van der Waals surface area (Å²) in [6, 6.07) is 12.5. The minimum absolute atomic E-state index is 0.0449. The van der Waals surface area contributed by atoms with E-state index in [1.807, 2.05) is 23.5 Å². The Kier molecular flexibility index (Phi) is 6.56. The number of benzene rings is 2. The highest BCUT2D eigenvalue weighted by molar-refractivity contribution is 7.98. The van der Waals surface area contributed by atoms with Gasteiger partial charge in [0.2, 0.25) is 0 Å². The molecule has 142 valence electrons. The molecule has 0 saturated heterocycles. The van der Waals surface area contributed by atoms with Crippen LogP contribution in [-0.4, -0.2) is 29.3 Å². The van der Waals surface area contributed by atoms with E-state index in [1.165, 1.54) is 6.07 Å². The highest BCUT2D eigenvalue weighted by atomic mass is 32.2. The quantitative estimate of drug-likeness (QED) is 0.436. The van der Waals surface area contributed by atoms with Crippen molar-refractivity contribution in [2.75, 3.05) is 6.54 Å². The van der Waals surface area contributed by atoms with Crippen molar-refractivity contribution in [2.24, 2.45) is 0 Å². The highest BCUT2D eigenvalue weighted by Crippen LogP contribution is 2.30. The van der Waals surface area contributed by atoms with Crippen molar-refractivity contribution in [1.82, 2.24) is 5.32 Å². The van der Waals surface area contributed by atoms with Crippen molar-refractivity contribution in [3.05, 3.63) is 69.8 Å². The van der Waals surface area contributed by atoms with Crippen LogP contribution in [0.2, 0.25) is 0 Å². The molecular formula is C17H13F3N2O4S. The van der Waals surface area contributed by atoms with Gasteiger partial charge in [-0.05, 0) is 11.6 Å². The Hall–Kier alpha value is -2.88. The molecule has 0 bridgehead atoms. The van der Waals surface area contributed by atoms with Gasteiger partial charge in [0, 0.05) is 22.8 Å². The SMILES string of the molecule is O=C(NCC(=O)C(F)(F)F)c1ccc([N+](=O)[O-])cc1SCc1ccccc1. The van der Waals surface area contributed by atoms with Crippen molar-refractivity contribution in [2.45, 2.75) is 16.8 Å². The van der Waals surface area contributed by atoms with Gasteiger partial charge in [0.05, 0.1) is 17.0 Å². The predicted molar refractivity (Wildman–Crippen MR) is 92.5 cm³/mol. The normalized spacial score (nSPS) is 11.1. The number of carbonyl (C=O) groups excluding carboxylic acids is 2. The smallest absolute Gasteiger partial charge is 0.345 e. The molecule has 0 aliphatic rings. The molecule has 0 atom stereocenters. The van der Waals surface area contributed by atoms with Crippen molar-refractivity contribution in [3.8, 4) is 0 Å². The Morgan fingerprint density at radius 2 is 1.78 bits per heavy atom. The number of hydrogen-bond donors (Lipinski definition) is 1. The molecule has 1 N–H and O–H groups in total. The number of halogens is 3. The summed E-state index contributed by atoms with van der Waals surface area (Å²) in [5.74, 6) is -2.61. The average molecular weight is 398 g/mol. The first-order valence-corrected chi connectivity index (χ1v) is 8.50. The fraction of sp³-hybridized carbons (Fsp3) is 0.176. The number of rotatable bonds is 7. The van der Waals surface area contributed by atoms with Crippen LogP contribution in [0.4, 0.5) is 18.9 Å². The Bertz CT molecular complexity index is 857. The summed E-state index contributed by atoms with van der Waals surface area (Å²) in [6.45, 7) is -1.21. The van der Waals surface area contributed by atoms with Gasteiger partial charge in [-0.2, -0.15) is 13.2 Å². The lowest BCUT2D eigenvalue weighted by Crippen LogP contribution is -2.37. The number of nitrogens with zero attached hydrogens (tertiary/aromatic N) is 1. The van der Waals surface area contributed by atoms with Crippen LogP contribution in [0.25, 0.3) is 0 Å². The van der Waals surface area contributed by atoms with E-state index < -0.39 is 29.3 Å². The summed E-state index contributed by atoms with van der Waals surface area (Å²) in [6.07, 6.45) is -5.05. The molecule has 0 saturated carbocycles. The monoisotopic (exact) mass is 398 g/mol. The first kappa shape index (κ1) is 20.4. The fourth-order valence-electron chi connectivity index (χ4n) is 2.02. The number of carbonyl (C=O) groups is 2. The maximum atomic E-state index is 12.3. The third kappa shape index (κ3) is 5.81. The lowest BCUT2D eigenvalue weighted by molar-refractivity contribution is -0.385. The number of hydrogen-bond acceptors (Lipinski definition) is 5. The maximum Gasteiger partial charge on any atom is 0.451 e. The van der Waals surface area contributed by atoms with E-state index in [4.69, 9.17) is 0 Å². The molecule has 0 radical (unpaired) electrons. The topological polar surface area (TPSA) is 89.3 Å². The van der Waals surface area contributed by atoms with Gasteiger partial charge in [-0.1, -0.05) is 30.3 Å². The molecule has 27 heavy (non-hydrogen) atoms. The summed E-state index contributed by atoms with van der Waals surface area (Å²) in [7, 11) is 0. The van der Waals surface area contributed by atoms with Gasteiger partial charge < -0.3 is 5.32 Å². The van der Waals surface area contributed by atoms with Gasteiger partial charge in [-0.15, -0.1) is 11.8 Å². The molecule has 0 unspecified atom stereocenters. The second-order valence-electron chi connectivity index (χ2n) is 5.32. The zero-order chi connectivity index (χ0) is 20.0. The molecule has 2 rings (SSSR count). The van der Waals surface area contributed by atoms with E-state index in [0.717, 1.165) is 29.5 Å². The van der Waals surface area contributed by atoms with Crippen LogP contribution in [0.1, 0.15) is 15.9 Å². The Morgan fingerprint density at radius 1 is 1.11 bits per heavy atom. The summed E-state index contributed by atoms with van der Waals surface area (Å²) < 4.78 is 36.8. The zero-order valence-electron chi connectivity index (χ0n) is 13.7. The van der Waals surface area contributed by atoms with Crippen LogP contribution in [0.5, 0.6) is 0 Å². The van der Waals surface area contributed by atoms with Crippen molar-refractivity contribution in [1.29, 1.82) is 0 Å². The van der Waals surface area contributed by atoms with Gasteiger partial charge in [0.15, 0.2) is 0 Å². The average Bonchev–Trinajstić information content (AvgIpc) is 2.63. The van der Waals surface area contributed by atoms with Crippen LogP contribution in [0.3, 0.4) is 0 Å². The first-order chi connectivity index (χ1) is 12.7. The molecule has 0 aliphatic carbocycles. The van der Waals surface area contributed by atoms with Crippen molar-refractivity contribution >= 4 is 29.1 Å². The van der Waals surface area contributed by atoms with Gasteiger partial charge >= 0.3 is 6.18 Å². The number of nitrogens with one attached hydrogen (secondary N) is 1. The van der Waals surface area contributed by atoms with Crippen LogP contribution >= 0.6 is 11.8 Å². The van der Waals surface area contributed by atoms with E-state index in [0.29, 0.717) is 5.75 Å². The summed E-state index contributed by atoms with van der Waals surface area (Å²) in [5, 5.41) is 12.9. The molecule has 0 fully saturated rings. The second-order valence-corrected chi connectivity index (χ2v) is 6.33. The second kappa shape index (κ2) is 8.67. The Balaban J connectivity index is 2.19. The van der Waals surface area contributed by atoms with Crippen LogP contribution < -0.4 is 5.32 Å². The van der Waals surface area contributed by atoms with Crippen LogP contribution in [-0.2, 0) is 10.5 Å². The van der Waals surface area contributed by atoms with Crippen LogP contribution in [0.15, 0.2) is 53.4 Å². The third-order valence-electron chi connectivity index (χ3n) is 3.38. The molecule has 6 nitrogen and oxygen atoms in total. The van der Waals surface area contributed by atoms with Gasteiger partial charge in [0.25, 0.3) is 17.4 Å². The van der Waals surface area contributed by atoms with E-state index in [1.54, 1.807) is 12.1 Å². The Labute approximate surface area is 155 Å². The first-order valence-electron chi connectivity index (χ1n) is 7.52. The molecule has 10 heteroatoms. The largest absolute Gasteiger partial charge is 0.451 e. The number of amides is 1. The van der Waals surface area contributed by atoms with E-state index >= 15 is 0 Å². The maximum absolute atomic E-state index is 12.3. The van der Waals surface area contributed by atoms with Gasteiger partial charge in [0.1, 0.15) is 0 Å². The highest BCUT2D eigenvalue weighted by Gasteiger charge is 2.38. The van der Waals surface area contributed by atoms with Crippen molar-refractivity contribution in [3.63, 3.8) is 0 Å². The molecule has 1 amide bonds. The van der Waals surface area contributed by atoms with Crippen molar-refractivity contribution < 1.29 is 27.7 Å². The lowest BCUT2D eigenvalue weighted by Gasteiger charge is -2.11. The zero-order valence-corrected chi connectivity index (χ0v) is 14.5. The molecule has 0 spiro atoms. The molecule has 2 aromatic rings. The Morgan fingerprint density at radius 3 is 2.37 bits per heavy atom. The van der Waals surface area contributed by atoms with Gasteiger partial charge in [-0.3, -0.25) is 19.7 Å². The minimum atomic E-state index is -5.05. The van der Waals surface area contributed by atoms with E-state index in [-0.39, 0.29) is 16.1 Å². The lowest BCUT2D eigenvalue weighted by atomic mass is 10.2. The summed E-state index contributed by atoms with van der Waals surface area (Å²) in [5.41, 5.74) is 0.595. The molecule has 2 aromatic carbocycles. The molecule has 0 aliphatic heterocycles. The summed E-state index contributed by atoms with van der Waals surface area (Å²) in [4.78, 5) is 33.6.